The molecule has 1 fully saturated rings. The number of morpholine rings is 1. The maximum absolute atomic E-state index is 13.3. The molecular weight excluding hydrogens is 419 g/mol. The maximum Gasteiger partial charge on any atom is 0.255 e. The van der Waals surface area contributed by atoms with Gasteiger partial charge in [0.2, 0.25) is 10.0 Å². The number of nitrogens with one attached hydrogen (secondary N) is 1. The zero-order valence-electron chi connectivity index (χ0n) is 16.3. The number of ether oxygens (including phenoxy) is 1. The molecule has 3 rings (SSSR count). The highest BCUT2D eigenvalue weighted by atomic mass is 35.5. The zero-order chi connectivity index (χ0) is 21.3. The first kappa shape index (κ1) is 21.7. The molecule has 156 valence electrons. The van der Waals surface area contributed by atoms with Crippen molar-refractivity contribution in [2.75, 3.05) is 18.4 Å². The molecule has 0 aliphatic carbocycles. The summed E-state index contributed by atoms with van der Waals surface area (Å²) >= 11 is 6.17. The quantitative estimate of drug-likeness (QED) is 0.783. The van der Waals surface area contributed by atoms with Crippen molar-refractivity contribution in [3.8, 4) is 0 Å². The van der Waals surface area contributed by atoms with Gasteiger partial charge in [-0.05, 0) is 62.7 Å². The van der Waals surface area contributed by atoms with Gasteiger partial charge in [0.1, 0.15) is 10.7 Å². The molecule has 2 aromatic carbocycles. The lowest BCUT2D eigenvalue weighted by atomic mass is 10.1. The Morgan fingerprint density at radius 3 is 2.45 bits per heavy atom. The van der Waals surface area contributed by atoms with E-state index in [2.05, 4.69) is 5.32 Å². The van der Waals surface area contributed by atoms with Crippen LogP contribution in [0.1, 0.15) is 29.8 Å². The minimum absolute atomic E-state index is 0.0336. The third kappa shape index (κ3) is 4.78. The summed E-state index contributed by atoms with van der Waals surface area (Å²) in [5.41, 5.74) is 1.12. The van der Waals surface area contributed by atoms with Crippen LogP contribution in [0.2, 0.25) is 5.02 Å². The van der Waals surface area contributed by atoms with Crippen LogP contribution in [-0.4, -0.2) is 43.9 Å². The molecule has 2 aromatic rings. The second-order valence-corrected chi connectivity index (χ2v) is 9.45. The van der Waals surface area contributed by atoms with Gasteiger partial charge in [-0.3, -0.25) is 4.79 Å². The molecule has 2 unspecified atom stereocenters. The van der Waals surface area contributed by atoms with E-state index in [4.69, 9.17) is 16.3 Å². The predicted octanol–water partition coefficient (Wildman–Crippen LogP) is 3.84. The fourth-order valence-corrected chi connectivity index (χ4v) is 5.36. The number of rotatable bonds is 4. The first-order chi connectivity index (χ1) is 13.6. The molecular formula is C20H22ClFN2O4S. The lowest BCUT2D eigenvalue weighted by Crippen LogP contribution is -2.48. The fourth-order valence-electron chi connectivity index (χ4n) is 3.27. The summed E-state index contributed by atoms with van der Waals surface area (Å²) in [7, 11) is -3.91. The molecule has 1 aliphatic heterocycles. The van der Waals surface area contributed by atoms with Crippen molar-refractivity contribution in [3.05, 3.63) is 58.4 Å². The van der Waals surface area contributed by atoms with Crippen molar-refractivity contribution >= 4 is 33.2 Å². The van der Waals surface area contributed by atoms with Crippen molar-refractivity contribution in [1.82, 2.24) is 4.31 Å². The molecule has 1 saturated heterocycles. The summed E-state index contributed by atoms with van der Waals surface area (Å²) in [4.78, 5) is 12.5. The maximum atomic E-state index is 13.3. The molecule has 0 saturated carbocycles. The van der Waals surface area contributed by atoms with E-state index >= 15 is 0 Å². The lowest BCUT2D eigenvalue weighted by Gasteiger charge is -2.34. The monoisotopic (exact) mass is 440 g/mol. The molecule has 1 amide bonds. The summed E-state index contributed by atoms with van der Waals surface area (Å²) in [6.07, 6.45) is -0.500. The number of carbonyl (C=O) groups excluding carboxylic acids is 1. The van der Waals surface area contributed by atoms with Crippen molar-refractivity contribution in [2.45, 2.75) is 37.9 Å². The number of amides is 1. The van der Waals surface area contributed by atoms with Crippen LogP contribution in [0, 0.1) is 12.7 Å². The fraction of sp³-hybridized carbons (Fsp3) is 0.350. The van der Waals surface area contributed by atoms with Crippen LogP contribution < -0.4 is 5.32 Å². The van der Waals surface area contributed by atoms with Crippen molar-refractivity contribution in [3.63, 3.8) is 0 Å². The molecule has 1 heterocycles. The van der Waals surface area contributed by atoms with E-state index in [0.29, 0.717) is 11.3 Å². The molecule has 1 aliphatic rings. The van der Waals surface area contributed by atoms with Gasteiger partial charge in [-0.1, -0.05) is 11.6 Å². The van der Waals surface area contributed by atoms with Gasteiger partial charge in [0.25, 0.3) is 5.91 Å². The van der Waals surface area contributed by atoms with E-state index in [1.165, 1.54) is 40.7 Å². The normalized spacial score (nSPS) is 20.4. The minimum atomic E-state index is -3.91. The van der Waals surface area contributed by atoms with Crippen LogP contribution in [0.15, 0.2) is 41.3 Å². The average Bonchev–Trinajstić information content (AvgIpc) is 2.63. The number of benzene rings is 2. The molecule has 9 heteroatoms. The van der Waals surface area contributed by atoms with E-state index in [1.807, 2.05) is 0 Å². The van der Waals surface area contributed by atoms with Gasteiger partial charge in [0, 0.05) is 24.3 Å². The highest BCUT2D eigenvalue weighted by Gasteiger charge is 2.33. The number of hydrogen-bond donors (Lipinski definition) is 1. The second kappa shape index (κ2) is 8.39. The number of nitrogens with zero attached hydrogens (tertiary/aromatic N) is 1. The summed E-state index contributed by atoms with van der Waals surface area (Å²) in [5.74, 6) is -0.925. The number of hydrogen-bond acceptors (Lipinski definition) is 4. The Bertz CT molecular complexity index is 1030. The molecule has 0 spiro atoms. The zero-order valence-corrected chi connectivity index (χ0v) is 17.8. The van der Waals surface area contributed by atoms with Gasteiger partial charge in [0.05, 0.1) is 17.2 Å². The summed E-state index contributed by atoms with van der Waals surface area (Å²) < 4.78 is 46.4. The summed E-state index contributed by atoms with van der Waals surface area (Å²) in [6.45, 7) is 5.67. The van der Waals surface area contributed by atoms with Crippen molar-refractivity contribution < 1.29 is 22.3 Å². The Kier molecular flexibility index (Phi) is 6.28. The van der Waals surface area contributed by atoms with E-state index in [0.717, 1.165) is 0 Å². The molecule has 29 heavy (non-hydrogen) atoms. The van der Waals surface area contributed by atoms with Gasteiger partial charge < -0.3 is 10.1 Å². The molecule has 0 radical (unpaired) electrons. The highest BCUT2D eigenvalue weighted by molar-refractivity contribution is 7.89. The summed E-state index contributed by atoms with van der Waals surface area (Å²) in [5, 5.41) is 2.70. The first-order valence-corrected chi connectivity index (χ1v) is 10.9. The highest BCUT2D eigenvalue weighted by Crippen LogP contribution is 2.28. The van der Waals surface area contributed by atoms with Gasteiger partial charge in [0.15, 0.2) is 0 Å². The summed E-state index contributed by atoms with van der Waals surface area (Å²) in [6, 6.07) is 8.08. The van der Waals surface area contributed by atoms with Gasteiger partial charge in [-0.2, -0.15) is 4.31 Å². The number of carbonyl (C=O) groups is 1. The lowest BCUT2D eigenvalue weighted by molar-refractivity contribution is -0.0440. The van der Waals surface area contributed by atoms with Crippen LogP contribution in [-0.2, 0) is 14.8 Å². The first-order valence-electron chi connectivity index (χ1n) is 9.10. The SMILES string of the molecule is Cc1cc(F)ccc1NC(=O)c1ccc(Cl)c(S(=O)(=O)N2CC(C)OC(C)C2)c1. The van der Waals surface area contributed by atoms with Gasteiger partial charge >= 0.3 is 0 Å². The third-order valence-corrected chi connectivity index (χ3v) is 6.95. The average molecular weight is 441 g/mol. The molecule has 0 bridgehead atoms. The molecule has 2 atom stereocenters. The van der Waals surface area contributed by atoms with E-state index < -0.39 is 21.7 Å². The van der Waals surface area contributed by atoms with Crippen molar-refractivity contribution in [2.24, 2.45) is 0 Å². The number of anilines is 1. The smallest absolute Gasteiger partial charge is 0.255 e. The van der Waals surface area contributed by atoms with Gasteiger partial charge in [-0.25, -0.2) is 12.8 Å². The van der Waals surface area contributed by atoms with E-state index in [1.54, 1.807) is 20.8 Å². The Morgan fingerprint density at radius 2 is 1.83 bits per heavy atom. The van der Waals surface area contributed by atoms with Gasteiger partial charge in [-0.15, -0.1) is 0 Å². The Hall–Kier alpha value is -2.00. The molecule has 0 aromatic heterocycles. The molecule has 1 N–H and O–H groups in total. The van der Waals surface area contributed by atoms with Crippen LogP contribution in [0.25, 0.3) is 0 Å². The Morgan fingerprint density at radius 1 is 1.17 bits per heavy atom. The largest absolute Gasteiger partial charge is 0.373 e. The number of aryl methyl sites for hydroxylation is 1. The number of halogens is 2. The van der Waals surface area contributed by atoms with E-state index in [-0.39, 0.29) is 40.8 Å². The predicted molar refractivity (Wildman–Crippen MR) is 109 cm³/mol. The van der Waals surface area contributed by atoms with Crippen LogP contribution >= 0.6 is 11.6 Å². The van der Waals surface area contributed by atoms with Crippen LogP contribution in [0.5, 0.6) is 0 Å². The third-order valence-electron chi connectivity index (χ3n) is 4.63. The van der Waals surface area contributed by atoms with Crippen LogP contribution in [0.3, 0.4) is 0 Å². The van der Waals surface area contributed by atoms with Crippen LogP contribution in [0.4, 0.5) is 10.1 Å². The van der Waals surface area contributed by atoms with E-state index in [9.17, 15) is 17.6 Å². The Labute approximate surface area is 174 Å². The minimum Gasteiger partial charge on any atom is -0.373 e. The standard InChI is InChI=1S/C20H22ClFN2O4S/c1-12-8-16(22)5-7-18(12)23-20(25)15-4-6-17(21)19(9-15)29(26,27)24-10-13(2)28-14(3)11-24/h4-9,13-14H,10-11H2,1-3H3,(H,23,25). The molecule has 6 nitrogen and oxygen atoms in total. The second-order valence-electron chi connectivity index (χ2n) is 7.14. The van der Waals surface area contributed by atoms with Crippen molar-refractivity contribution in [1.29, 1.82) is 0 Å². The Balaban J connectivity index is 1.90. The topological polar surface area (TPSA) is 75.7 Å². The number of sulfonamides is 1.